The van der Waals surface area contributed by atoms with Crippen molar-refractivity contribution in [2.45, 2.75) is 30.8 Å². The highest BCUT2D eigenvalue weighted by atomic mass is 32.2. The van der Waals surface area contributed by atoms with Crippen molar-refractivity contribution in [3.8, 4) is 17.2 Å². The first-order valence-electron chi connectivity index (χ1n) is 10.4. The summed E-state index contributed by atoms with van der Waals surface area (Å²) in [5, 5.41) is 10.5. The van der Waals surface area contributed by atoms with Gasteiger partial charge in [-0.25, -0.2) is 21.5 Å². The van der Waals surface area contributed by atoms with Crippen molar-refractivity contribution in [3.05, 3.63) is 53.2 Å². The molecular weight excluding hydrogens is 484 g/mol. The number of anilines is 1. The van der Waals surface area contributed by atoms with Crippen molar-refractivity contribution >= 4 is 21.7 Å². The van der Waals surface area contributed by atoms with Crippen molar-refractivity contribution in [2.75, 3.05) is 19.4 Å². The van der Waals surface area contributed by atoms with Crippen LogP contribution in [0, 0.1) is 11.6 Å². The number of carbonyl (C=O) groups is 1. The van der Waals surface area contributed by atoms with Gasteiger partial charge in [-0.05, 0) is 26.0 Å². The summed E-state index contributed by atoms with van der Waals surface area (Å²) in [4.78, 5) is 13.3. The van der Waals surface area contributed by atoms with Gasteiger partial charge in [-0.15, -0.1) is 5.10 Å². The molecule has 186 valence electrons. The largest absolute Gasteiger partial charge is 0.487 e. The topological polar surface area (TPSA) is 116 Å². The van der Waals surface area contributed by atoms with Gasteiger partial charge in [0, 0.05) is 50.8 Å². The van der Waals surface area contributed by atoms with Crippen molar-refractivity contribution in [2.24, 2.45) is 7.05 Å². The molecule has 2 heterocycles. The van der Waals surface area contributed by atoms with E-state index in [1.54, 1.807) is 7.05 Å². The first-order chi connectivity index (χ1) is 16.3. The van der Waals surface area contributed by atoms with Gasteiger partial charge in [-0.2, -0.15) is 9.90 Å². The highest BCUT2D eigenvalue weighted by Crippen LogP contribution is 2.43. The molecule has 2 aromatic carbocycles. The third-order valence-electron chi connectivity index (χ3n) is 5.23. The van der Waals surface area contributed by atoms with Crippen LogP contribution in [0.1, 0.15) is 29.8 Å². The molecule has 1 N–H and O–H groups in total. The summed E-state index contributed by atoms with van der Waals surface area (Å²) in [6, 6.07) is 4.11. The Hall–Kier alpha value is -3.58. The van der Waals surface area contributed by atoms with Crippen LogP contribution in [-0.2, 0) is 23.5 Å². The number of hydrogen-bond acceptors (Lipinski definition) is 7. The van der Waals surface area contributed by atoms with Gasteiger partial charge in [0.25, 0.3) is 5.91 Å². The number of fused-ring (bicyclic) bond motifs is 1. The molecule has 35 heavy (non-hydrogen) atoms. The van der Waals surface area contributed by atoms with Gasteiger partial charge in [0.2, 0.25) is 10.0 Å². The second-order valence-corrected chi connectivity index (χ2v) is 10.9. The molecule has 0 aliphatic carbocycles. The number of sulfonamides is 1. The van der Waals surface area contributed by atoms with E-state index in [4.69, 9.17) is 9.47 Å². The molecule has 1 aromatic heterocycles. The first-order valence-corrected chi connectivity index (χ1v) is 11.8. The maximum Gasteiger partial charge on any atom is 0.257 e. The van der Waals surface area contributed by atoms with Crippen molar-refractivity contribution < 1.29 is 31.5 Å². The summed E-state index contributed by atoms with van der Waals surface area (Å²) >= 11 is 0. The van der Waals surface area contributed by atoms with Crippen LogP contribution >= 0.6 is 0 Å². The lowest BCUT2D eigenvalue weighted by atomic mass is 9.99. The van der Waals surface area contributed by atoms with E-state index in [-0.39, 0.29) is 17.1 Å². The van der Waals surface area contributed by atoms with Crippen LogP contribution in [0.15, 0.2) is 35.4 Å². The number of halogens is 2. The lowest BCUT2D eigenvalue weighted by Crippen LogP contribution is -2.24. The molecule has 1 aliphatic rings. The fourth-order valence-corrected chi connectivity index (χ4v) is 4.51. The number of nitrogens with one attached hydrogen (secondary N) is 1. The quantitative estimate of drug-likeness (QED) is 0.545. The van der Waals surface area contributed by atoms with E-state index in [0.29, 0.717) is 29.9 Å². The number of hydrogen-bond donors (Lipinski definition) is 1. The zero-order valence-corrected chi connectivity index (χ0v) is 20.4. The predicted molar refractivity (Wildman–Crippen MR) is 121 cm³/mol. The van der Waals surface area contributed by atoms with Crippen molar-refractivity contribution in [1.29, 1.82) is 0 Å². The van der Waals surface area contributed by atoms with E-state index in [0.717, 1.165) is 4.31 Å². The molecule has 1 aliphatic heterocycles. The molecule has 13 heteroatoms. The molecule has 1 amide bonds. The number of rotatable bonds is 6. The summed E-state index contributed by atoms with van der Waals surface area (Å²) in [5.74, 6) is -2.73. The van der Waals surface area contributed by atoms with Gasteiger partial charge < -0.3 is 14.8 Å². The van der Waals surface area contributed by atoms with Crippen LogP contribution in [0.5, 0.6) is 17.2 Å². The molecule has 0 saturated heterocycles. The molecule has 0 saturated carbocycles. The molecule has 10 nitrogen and oxygen atoms in total. The van der Waals surface area contributed by atoms with Crippen molar-refractivity contribution in [1.82, 2.24) is 19.3 Å². The molecular formula is C22H23F2N5O5S. The number of aromatic nitrogens is 3. The average Bonchev–Trinajstić information content (AvgIpc) is 3.30. The molecule has 0 atom stereocenters. The van der Waals surface area contributed by atoms with Gasteiger partial charge in [-0.1, -0.05) is 0 Å². The SMILES string of the molecule is CN(C)S(=O)(=O)c1cc(F)c(Oc2cc(C(=O)Nc3cnn(C)n3)cc3c2CC(C)(C)O3)cc1F. The normalized spacial score (nSPS) is 14.5. The summed E-state index contributed by atoms with van der Waals surface area (Å²) in [7, 11) is -0.205. The summed E-state index contributed by atoms with van der Waals surface area (Å²) < 4.78 is 66.5. The Morgan fingerprint density at radius 2 is 1.89 bits per heavy atom. The fourth-order valence-electron chi connectivity index (χ4n) is 3.56. The Balaban J connectivity index is 1.73. The predicted octanol–water partition coefficient (Wildman–Crippen LogP) is 3.10. The Bertz CT molecular complexity index is 1440. The third-order valence-corrected chi connectivity index (χ3v) is 7.06. The summed E-state index contributed by atoms with van der Waals surface area (Å²) in [6.45, 7) is 3.66. The van der Waals surface area contributed by atoms with E-state index in [1.807, 2.05) is 13.8 Å². The number of aryl methyl sites for hydroxylation is 1. The fraction of sp³-hybridized carbons (Fsp3) is 0.318. The third kappa shape index (κ3) is 4.82. The van der Waals surface area contributed by atoms with E-state index in [2.05, 4.69) is 15.5 Å². The molecule has 3 aromatic rings. The minimum absolute atomic E-state index is 0.0684. The smallest absolute Gasteiger partial charge is 0.257 e. The molecule has 0 radical (unpaired) electrons. The summed E-state index contributed by atoms with van der Waals surface area (Å²) in [5.41, 5.74) is 0.0408. The van der Waals surface area contributed by atoms with Gasteiger partial charge in [-0.3, -0.25) is 4.79 Å². The maximum atomic E-state index is 14.9. The Morgan fingerprint density at radius 1 is 1.17 bits per heavy atom. The number of carbonyl (C=O) groups excluding carboxylic acids is 1. The van der Waals surface area contributed by atoms with Crippen LogP contribution in [-0.4, -0.2) is 53.3 Å². The van der Waals surface area contributed by atoms with E-state index in [1.165, 1.54) is 37.2 Å². The van der Waals surface area contributed by atoms with Crippen molar-refractivity contribution in [3.63, 3.8) is 0 Å². The van der Waals surface area contributed by atoms with E-state index in [9.17, 15) is 22.0 Å². The maximum absolute atomic E-state index is 14.9. The highest BCUT2D eigenvalue weighted by molar-refractivity contribution is 7.89. The average molecular weight is 508 g/mol. The van der Waals surface area contributed by atoms with Crippen LogP contribution in [0.25, 0.3) is 0 Å². The number of benzene rings is 2. The lowest BCUT2D eigenvalue weighted by molar-refractivity contribution is 0.102. The minimum atomic E-state index is -4.21. The Labute approximate surface area is 200 Å². The Kier molecular flexibility index (Phi) is 6.01. The molecule has 0 bridgehead atoms. The molecule has 0 spiro atoms. The summed E-state index contributed by atoms with van der Waals surface area (Å²) in [6.07, 6.45) is 1.74. The second-order valence-electron chi connectivity index (χ2n) is 8.77. The lowest BCUT2D eigenvalue weighted by Gasteiger charge is -2.16. The minimum Gasteiger partial charge on any atom is -0.487 e. The number of nitrogens with zero attached hydrogens (tertiary/aromatic N) is 4. The van der Waals surface area contributed by atoms with Gasteiger partial charge >= 0.3 is 0 Å². The molecule has 0 fully saturated rings. The molecule has 4 rings (SSSR count). The second kappa shape index (κ2) is 8.57. The van der Waals surface area contributed by atoms with Crippen LogP contribution in [0.3, 0.4) is 0 Å². The molecule has 0 unspecified atom stereocenters. The van der Waals surface area contributed by atoms with Gasteiger partial charge in [0.15, 0.2) is 17.4 Å². The number of ether oxygens (including phenoxy) is 2. The van der Waals surface area contributed by atoms with Crippen LogP contribution in [0.2, 0.25) is 0 Å². The van der Waals surface area contributed by atoms with Gasteiger partial charge in [0.1, 0.15) is 27.8 Å². The van der Waals surface area contributed by atoms with Gasteiger partial charge in [0.05, 0.1) is 6.20 Å². The standard InChI is InChI=1S/C22H23F2N5O5S/c1-22(2)10-13-16(33-18-8-15(24)19(9-14(18)23)35(31,32)28(3)4)6-12(7-17(13)34-22)21(30)26-20-11-25-29(5)27-20/h6-9,11H,10H2,1-5H3,(H,26,27,30). The van der Waals surface area contributed by atoms with E-state index >= 15 is 0 Å². The monoisotopic (exact) mass is 507 g/mol. The zero-order chi connectivity index (χ0) is 25.7. The van der Waals surface area contributed by atoms with Crippen LogP contribution in [0.4, 0.5) is 14.6 Å². The number of amides is 1. The highest BCUT2D eigenvalue weighted by Gasteiger charge is 2.34. The Morgan fingerprint density at radius 3 is 2.51 bits per heavy atom. The first kappa shape index (κ1) is 24.5. The van der Waals surface area contributed by atoms with Crippen LogP contribution < -0.4 is 14.8 Å². The zero-order valence-electron chi connectivity index (χ0n) is 19.6. The van der Waals surface area contributed by atoms with E-state index < -0.39 is 43.8 Å².